The molecule has 0 aliphatic carbocycles. The number of hydrogen-bond acceptors (Lipinski definition) is 6. The van der Waals surface area contributed by atoms with Gasteiger partial charge in [0.2, 0.25) is 11.8 Å². The SMILES string of the molecule is CCC(=O)N1CCc2cc(Br)cc(S(=O)(=O)CCC(=O)NC[C@H]3COc4ccccc4O3)c21. The van der Waals surface area contributed by atoms with Crippen molar-refractivity contribution in [3.63, 3.8) is 0 Å². The van der Waals surface area contributed by atoms with Gasteiger partial charge in [-0.1, -0.05) is 35.0 Å². The van der Waals surface area contributed by atoms with E-state index in [1.807, 2.05) is 24.3 Å². The Balaban J connectivity index is 1.39. The number of fused-ring (bicyclic) bond motifs is 2. The van der Waals surface area contributed by atoms with Crippen LogP contribution in [0.2, 0.25) is 0 Å². The molecule has 0 bridgehead atoms. The van der Waals surface area contributed by atoms with E-state index >= 15 is 0 Å². The second kappa shape index (κ2) is 9.72. The number of amides is 2. The molecule has 2 aliphatic rings. The van der Waals surface area contributed by atoms with Gasteiger partial charge in [0.05, 0.1) is 22.9 Å². The first-order valence-electron chi connectivity index (χ1n) is 10.8. The summed E-state index contributed by atoms with van der Waals surface area (Å²) in [5.41, 5.74) is 1.25. The number of anilines is 1. The number of benzene rings is 2. The highest BCUT2D eigenvalue weighted by Crippen LogP contribution is 2.38. The maximum Gasteiger partial charge on any atom is 0.226 e. The van der Waals surface area contributed by atoms with E-state index in [0.717, 1.165) is 5.56 Å². The highest BCUT2D eigenvalue weighted by atomic mass is 79.9. The molecule has 4 rings (SSSR count). The van der Waals surface area contributed by atoms with Gasteiger partial charge in [-0.05, 0) is 36.2 Å². The maximum atomic E-state index is 13.2. The van der Waals surface area contributed by atoms with Crippen LogP contribution in [0.4, 0.5) is 5.69 Å². The lowest BCUT2D eigenvalue weighted by Crippen LogP contribution is -2.41. The molecule has 0 radical (unpaired) electrons. The summed E-state index contributed by atoms with van der Waals surface area (Å²) in [5.74, 6) is 0.389. The summed E-state index contributed by atoms with van der Waals surface area (Å²) in [6.45, 7) is 2.70. The van der Waals surface area contributed by atoms with Crippen molar-refractivity contribution in [1.82, 2.24) is 5.32 Å². The number of para-hydroxylation sites is 2. The molecule has 0 spiro atoms. The topological polar surface area (TPSA) is 102 Å². The van der Waals surface area contributed by atoms with Gasteiger partial charge < -0.3 is 19.7 Å². The van der Waals surface area contributed by atoms with Gasteiger partial charge in [0.25, 0.3) is 0 Å². The zero-order valence-corrected chi connectivity index (χ0v) is 20.6. The van der Waals surface area contributed by atoms with Gasteiger partial charge in [0, 0.05) is 23.9 Å². The van der Waals surface area contributed by atoms with Crippen molar-refractivity contribution >= 4 is 43.3 Å². The molecule has 0 aromatic heterocycles. The van der Waals surface area contributed by atoms with Crippen molar-refractivity contribution in [2.45, 2.75) is 37.2 Å². The van der Waals surface area contributed by atoms with E-state index in [0.29, 0.717) is 41.2 Å². The van der Waals surface area contributed by atoms with Crippen LogP contribution < -0.4 is 19.7 Å². The third kappa shape index (κ3) is 5.16. The number of carbonyl (C=O) groups excluding carboxylic acids is 2. The molecule has 8 nitrogen and oxygen atoms in total. The first kappa shape index (κ1) is 23.6. The Morgan fingerprint density at radius 3 is 2.73 bits per heavy atom. The smallest absolute Gasteiger partial charge is 0.226 e. The van der Waals surface area contributed by atoms with E-state index in [9.17, 15) is 18.0 Å². The van der Waals surface area contributed by atoms with Gasteiger partial charge in [-0.2, -0.15) is 0 Å². The number of carbonyl (C=O) groups is 2. The lowest BCUT2D eigenvalue weighted by Gasteiger charge is -2.26. The Morgan fingerprint density at radius 1 is 1.21 bits per heavy atom. The predicted molar refractivity (Wildman–Crippen MR) is 127 cm³/mol. The molecular formula is C23H25BrN2O6S. The van der Waals surface area contributed by atoms with E-state index in [4.69, 9.17) is 9.47 Å². The first-order chi connectivity index (χ1) is 15.8. The van der Waals surface area contributed by atoms with E-state index < -0.39 is 15.7 Å². The molecule has 1 atom stereocenters. The van der Waals surface area contributed by atoms with Crippen molar-refractivity contribution < 1.29 is 27.5 Å². The fourth-order valence-electron chi connectivity index (χ4n) is 3.96. The third-order valence-corrected chi connectivity index (χ3v) is 7.80. The zero-order valence-electron chi connectivity index (χ0n) is 18.2. The molecule has 0 unspecified atom stereocenters. The average molecular weight is 537 g/mol. The van der Waals surface area contributed by atoms with Crippen molar-refractivity contribution in [3.8, 4) is 11.5 Å². The Kier molecular flexibility index (Phi) is 6.94. The second-order valence-corrected chi connectivity index (χ2v) is 10.9. The fourth-order valence-corrected chi connectivity index (χ4v) is 6.14. The van der Waals surface area contributed by atoms with Gasteiger partial charge >= 0.3 is 0 Å². The van der Waals surface area contributed by atoms with E-state index in [1.165, 1.54) is 11.0 Å². The highest BCUT2D eigenvalue weighted by Gasteiger charge is 2.32. The largest absolute Gasteiger partial charge is 0.486 e. The third-order valence-electron chi connectivity index (χ3n) is 5.62. The van der Waals surface area contributed by atoms with Crippen LogP contribution in [0, 0.1) is 0 Å². The molecule has 2 aromatic rings. The van der Waals surface area contributed by atoms with Gasteiger partial charge in [-0.15, -0.1) is 0 Å². The molecule has 2 aromatic carbocycles. The molecule has 1 N–H and O–H groups in total. The minimum atomic E-state index is -3.80. The standard InChI is InChI=1S/C23H25BrN2O6S/c1-2-22(28)26-9-7-15-11-16(24)12-20(23(15)26)33(29,30)10-8-21(27)25-13-17-14-31-18-5-3-4-6-19(18)32-17/h3-6,11-12,17H,2,7-10,13-14H2,1H3,(H,25,27)/t17-/m0/s1. The summed E-state index contributed by atoms with van der Waals surface area (Å²) >= 11 is 3.37. The van der Waals surface area contributed by atoms with Crippen LogP contribution >= 0.6 is 15.9 Å². The van der Waals surface area contributed by atoms with Crippen molar-refractivity contribution in [1.29, 1.82) is 0 Å². The van der Waals surface area contributed by atoms with Crippen LogP contribution in [0.5, 0.6) is 11.5 Å². The molecular weight excluding hydrogens is 512 g/mol. The Labute approximate surface area is 201 Å². The number of ether oxygens (including phenoxy) is 2. The van der Waals surface area contributed by atoms with Gasteiger partial charge in [-0.25, -0.2) is 8.42 Å². The van der Waals surface area contributed by atoms with Crippen molar-refractivity contribution in [3.05, 3.63) is 46.4 Å². The molecule has 2 aliphatic heterocycles. The van der Waals surface area contributed by atoms with E-state index in [-0.39, 0.29) is 42.0 Å². The van der Waals surface area contributed by atoms with Crippen LogP contribution in [0.3, 0.4) is 0 Å². The molecule has 2 amide bonds. The number of halogens is 1. The van der Waals surface area contributed by atoms with Gasteiger partial charge in [-0.3, -0.25) is 9.59 Å². The van der Waals surface area contributed by atoms with Crippen LogP contribution in [-0.2, 0) is 25.8 Å². The van der Waals surface area contributed by atoms with Gasteiger partial charge in [0.1, 0.15) is 12.7 Å². The summed E-state index contributed by atoms with van der Waals surface area (Å²) < 4.78 is 38.4. The minimum Gasteiger partial charge on any atom is -0.486 e. The number of hydrogen-bond donors (Lipinski definition) is 1. The Morgan fingerprint density at radius 2 is 1.97 bits per heavy atom. The summed E-state index contributed by atoms with van der Waals surface area (Å²) in [4.78, 5) is 26.4. The summed E-state index contributed by atoms with van der Waals surface area (Å²) in [5, 5.41) is 2.72. The van der Waals surface area contributed by atoms with Gasteiger partial charge in [0.15, 0.2) is 21.3 Å². The molecule has 10 heteroatoms. The summed E-state index contributed by atoms with van der Waals surface area (Å²) in [6.07, 6.45) is 0.322. The Bertz CT molecular complexity index is 1180. The minimum absolute atomic E-state index is 0.0830. The molecule has 176 valence electrons. The normalized spacial score (nSPS) is 16.9. The number of sulfone groups is 1. The molecule has 2 heterocycles. The number of rotatable bonds is 7. The molecule has 33 heavy (non-hydrogen) atoms. The second-order valence-electron chi connectivity index (χ2n) is 7.93. The van der Waals surface area contributed by atoms with Crippen LogP contribution in [0.15, 0.2) is 45.8 Å². The van der Waals surface area contributed by atoms with Crippen LogP contribution in [0.1, 0.15) is 25.3 Å². The van der Waals surface area contributed by atoms with Crippen LogP contribution in [-0.4, -0.2) is 51.8 Å². The van der Waals surface area contributed by atoms with Crippen LogP contribution in [0.25, 0.3) is 0 Å². The zero-order chi connectivity index (χ0) is 23.6. The predicted octanol–water partition coefficient (Wildman–Crippen LogP) is 2.87. The monoisotopic (exact) mass is 536 g/mol. The first-order valence-corrected chi connectivity index (χ1v) is 13.2. The maximum absolute atomic E-state index is 13.2. The summed E-state index contributed by atoms with van der Waals surface area (Å²) in [7, 11) is -3.80. The lowest BCUT2D eigenvalue weighted by atomic mass is 10.2. The molecule has 0 fully saturated rings. The highest BCUT2D eigenvalue weighted by molar-refractivity contribution is 9.10. The molecule has 0 saturated heterocycles. The van der Waals surface area contributed by atoms with E-state index in [2.05, 4.69) is 21.2 Å². The van der Waals surface area contributed by atoms with E-state index in [1.54, 1.807) is 13.0 Å². The lowest BCUT2D eigenvalue weighted by molar-refractivity contribution is -0.121. The van der Waals surface area contributed by atoms with Crippen molar-refractivity contribution in [2.24, 2.45) is 0 Å². The Hall–Kier alpha value is -2.59. The van der Waals surface area contributed by atoms with Crippen molar-refractivity contribution in [2.75, 3.05) is 30.3 Å². The fraction of sp³-hybridized carbons (Fsp3) is 0.391. The average Bonchev–Trinajstić information content (AvgIpc) is 3.23. The molecule has 0 saturated carbocycles. The number of nitrogens with one attached hydrogen (secondary N) is 1. The quantitative estimate of drug-likeness (QED) is 0.583. The number of nitrogens with zero attached hydrogens (tertiary/aromatic N) is 1. The summed E-state index contributed by atoms with van der Waals surface area (Å²) in [6, 6.07) is 10.6.